The number of nitrogens with one attached hydrogen (secondary N) is 1. The molecule has 0 radical (unpaired) electrons. The fourth-order valence-electron chi connectivity index (χ4n) is 3.81. The summed E-state index contributed by atoms with van der Waals surface area (Å²) >= 11 is 0. The van der Waals surface area contributed by atoms with Crippen molar-refractivity contribution >= 4 is 10.9 Å². The van der Waals surface area contributed by atoms with Crippen LogP contribution in [-0.4, -0.2) is 41.8 Å². The summed E-state index contributed by atoms with van der Waals surface area (Å²) in [6.45, 7) is 0.638. The number of piperidine rings is 1. The number of hydrogen-bond donors (Lipinski definition) is 1. The predicted octanol–water partition coefficient (Wildman–Crippen LogP) is 5.11. The van der Waals surface area contributed by atoms with E-state index in [1.165, 1.54) is 0 Å². The summed E-state index contributed by atoms with van der Waals surface area (Å²) in [5, 5.41) is 10.0. The van der Waals surface area contributed by atoms with Gasteiger partial charge in [0.05, 0.1) is 17.3 Å². The van der Waals surface area contributed by atoms with Gasteiger partial charge in [-0.2, -0.15) is 18.4 Å². The number of para-hydroxylation sites is 1. The second kappa shape index (κ2) is 7.12. The number of fused-ring (bicyclic) bond motifs is 1. The van der Waals surface area contributed by atoms with Crippen molar-refractivity contribution in [3.63, 3.8) is 0 Å². The van der Waals surface area contributed by atoms with Gasteiger partial charge >= 0.3 is 6.18 Å². The molecular formula is C22H20F3N3O. The van der Waals surface area contributed by atoms with Crippen molar-refractivity contribution in [1.29, 1.82) is 5.26 Å². The fraction of sp³-hybridized carbons (Fsp3) is 0.318. The van der Waals surface area contributed by atoms with Gasteiger partial charge in [-0.05, 0) is 37.4 Å². The number of hydrogen-bond acceptors (Lipinski definition) is 3. The third kappa shape index (κ3) is 3.45. The van der Waals surface area contributed by atoms with Gasteiger partial charge < -0.3 is 14.6 Å². The normalized spacial score (nSPS) is 17.2. The Kier molecular flexibility index (Phi) is 4.75. The number of aromatic amines is 1. The van der Waals surface area contributed by atoms with E-state index in [9.17, 15) is 18.4 Å². The Morgan fingerprint density at radius 1 is 1.10 bits per heavy atom. The maximum Gasteiger partial charge on any atom is 0.428 e. The number of aromatic nitrogens is 1. The highest BCUT2D eigenvalue weighted by Gasteiger charge is 2.58. The zero-order valence-electron chi connectivity index (χ0n) is 15.9. The maximum atomic E-state index is 14.0. The Labute approximate surface area is 166 Å². The van der Waals surface area contributed by atoms with Crippen molar-refractivity contribution in [3.05, 3.63) is 54.1 Å². The van der Waals surface area contributed by atoms with E-state index in [0.717, 1.165) is 10.9 Å². The van der Waals surface area contributed by atoms with E-state index in [1.807, 2.05) is 18.0 Å². The highest BCUT2D eigenvalue weighted by Crippen LogP contribution is 2.44. The van der Waals surface area contributed by atoms with Crippen molar-refractivity contribution in [2.45, 2.75) is 24.6 Å². The molecule has 1 fully saturated rings. The van der Waals surface area contributed by atoms with Crippen LogP contribution in [0.15, 0.2) is 48.5 Å². The smallest absolute Gasteiger partial charge is 0.428 e. The molecule has 4 rings (SSSR count). The molecule has 1 aliphatic heterocycles. The van der Waals surface area contributed by atoms with Crippen LogP contribution in [0.25, 0.3) is 22.2 Å². The third-order valence-electron chi connectivity index (χ3n) is 5.58. The van der Waals surface area contributed by atoms with E-state index in [4.69, 9.17) is 4.74 Å². The van der Waals surface area contributed by atoms with E-state index in [1.54, 1.807) is 42.5 Å². The molecular weight excluding hydrogens is 379 g/mol. The van der Waals surface area contributed by atoms with Crippen molar-refractivity contribution in [1.82, 2.24) is 9.88 Å². The van der Waals surface area contributed by atoms with Crippen LogP contribution in [0, 0.1) is 11.3 Å². The number of likely N-dealkylation sites (tertiary alicyclic amines) is 1. The lowest BCUT2D eigenvalue weighted by molar-refractivity contribution is -0.260. The van der Waals surface area contributed by atoms with Crippen LogP contribution >= 0.6 is 0 Å². The molecule has 0 saturated carbocycles. The number of benzene rings is 2. The van der Waals surface area contributed by atoms with Crippen LogP contribution in [0.1, 0.15) is 18.4 Å². The highest BCUT2D eigenvalue weighted by molar-refractivity contribution is 5.91. The lowest BCUT2D eigenvalue weighted by atomic mass is 9.90. The first-order valence-corrected chi connectivity index (χ1v) is 9.38. The number of nitrogens with zero attached hydrogens (tertiary/aromatic N) is 2. The number of H-pyrrole nitrogens is 1. The molecule has 0 amide bonds. The number of alkyl halides is 3. The molecule has 2 heterocycles. The average Bonchev–Trinajstić information content (AvgIpc) is 3.13. The van der Waals surface area contributed by atoms with Crippen molar-refractivity contribution < 1.29 is 17.9 Å². The molecule has 3 aromatic rings. The van der Waals surface area contributed by atoms with Gasteiger partial charge in [0.1, 0.15) is 5.75 Å². The summed E-state index contributed by atoms with van der Waals surface area (Å²) in [4.78, 5) is 5.08. The molecule has 2 aromatic carbocycles. The third-order valence-corrected chi connectivity index (χ3v) is 5.58. The van der Waals surface area contributed by atoms with Gasteiger partial charge in [0.2, 0.25) is 5.60 Å². The molecule has 0 unspecified atom stereocenters. The van der Waals surface area contributed by atoms with Crippen LogP contribution < -0.4 is 4.74 Å². The molecule has 4 nitrogen and oxygen atoms in total. The van der Waals surface area contributed by atoms with E-state index < -0.39 is 11.8 Å². The molecule has 1 saturated heterocycles. The molecule has 0 atom stereocenters. The van der Waals surface area contributed by atoms with Crippen molar-refractivity contribution in [3.8, 4) is 23.1 Å². The zero-order chi connectivity index (χ0) is 20.6. The van der Waals surface area contributed by atoms with E-state index in [-0.39, 0.29) is 18.6 Å². The van der Waals surface area contributed by atoms with Crippen molar-refractivity contribution in [2.24, 2.45) is 0 Å². The molecule has 0 aliphatic carbocycles. The molecule has 0 spiro atoms. The number of rotatable bonds is 3. The van der Waals surface area contributed by atoms with E-state index in [2.05, 4.69) is 11.1 Å². The van der Waals surface area contributed by atoms with Gasteiger partial charge in [0, 0.05) is 42.4 Å². The molecule has 150 valence electrons. The zero-order valence-corrected chi connectivity index (χ0v) is 15.9. The summed E-state index contributed by atoms with van der Waals surface area (Å²) in [5.41, 5.74) is 0.197. The first-order chi connectivity index (χ1) is 13.8. The fourth-order valence-corrected chi connectivity index (χ4v) is 3.81. The first kappa shape index (κ1) is 19.3. The largest absolute Gasteiger partial charge is 0.477 e. The second-order valence-corrected chi connectivity index (χ2v) is 7.46. The lowest BCUT2D eigenvalue weighted by Gasteiger charge is -2.42. The van der Waals surface area contributed by atoms with Gasteiger partial charge in [-0.15, -0.1) is 0 Å². The quantitative estimate of drug-likeness (QED) is 0.666. The predicted molar refractivity (Wildman–Crippen MR) is 105 cm³/mol. The summed E-state index contributed by atoms with van der Waals surface area (Å²) in [5.74, 6) is 0.180. The Bertz CT molecular complexity index is 1070. The Balaban J connectivity index is 1.77. The molecule has 1 N–H and O–H groups in total. The van der Waals surface area contributed by atoms with Crippen molar-refractivity contribution in [2.75, 3.05) is 20.1 Å². The van der Waals surface area contributed by atoms with Crippen LogP contribution in [0.5, 0.6) is 5.75 Å². The summed E-state index contributed by atoms with van der Waals surface area (Å²) in [6.07, 6.45) is -4.71. The summed E-state index contributed by atoms with van der Waals surface area (Å²) in [6, 6.07) is 15.9. The highest BCUT2D eigenvalue weighted by atomic mass is 19.4. The lowest BCUT2D eigenvalue weighted by Crippen LogP contribution is -2.56. The molecule has 1 aromatic heterocycles. The Morgan fingerprint density at radius 3 is 2.52 bits per heavy atom. The monoisotopic (exact) mass is 399 g/mol. The molecule has 29 heavy (non-hydrogen) atoms. The number of nitriles is 1. The van der Waals surface area contributed by atoms with Crippen LogP contribution in [-0.2, 0) is 0 Å². The van der Waals surface area contributed by atoms with E-state index in [0.29, 0.717) is 29.9 Å². The van der Waals surface area contributed by atoms with Crippen LogP contribution in [0.2, 0.25) is 0 Å². The molecule has 7 heteroatoms. The minimum absolute atomic E-state index is 0.118. The topological polar surface area (TPSA) is 52.0 Å². The SMILES string of the molecule is CN1CCC(Oc2ccccc2-c2cc3c(C#N)cccc3[nH]2)(C(F)(F)F)CC1. The minimum atomic E-state index is -4.48. The van der Waals surface area contributed by atoms with Crippen LogP contribution in [0.3, 0.4) is 0 Å². The van der Waals surface area contributed by atoms with Gasteiger partial charge in [0.15, 0.2) is 0 Å². The second-order valence-electron chi connectivity index (χ2n) is 7.46. The number of ether oxygens (including phenoxy) is 1. The van der Waals surface area contributed by atoms with Gasteiger partial charge in [-0.3, -0.25) is 0 Å². The van der Waals surface area contributed by atoms with Gasteiger partial charge in [-0.1, -0.05) is 18.2 Å². The minimum Gasteiger partial charge on any atom is -0.477 e. The van der Waals surface area contributed by atoms with Gasteiger partial charge in [0.25, 0.3) is 0 Å². The average molecular weight is 399 g/mol. The number of halogens is 3. The van der Waals surface area contributed by atoms with Gasteiger partial charge in [-0.25, -0.2) is 0 Å². The summed E-state index contributed by atoms with van der Waals surface area (Å²) < 4.78 is 47.8. The maximum absolute atomic E-state index is 14.0. The molecule has 0 bridgehead atoms. The summed E-state index contributed by atoms with van der Waals surface area (Å²) in [7, 11) is 1.81. The Hall–Kier alpha value is -2.98. The Morgan fingerprint density at radius 2 is 1.83 bits per heavy atom. The standard InChI is InChI=1S/C22H20F3N3O/c1-28-11-9-21(10-12-28,22(23,24)25)29-20-8-3-2-6-16(20)19-13-17-15(14-26)5-4-7-18(17)27-19/h2-8,13,27H,9-12H2,1H3. The van der Waals surface area contributed by atoms with E-state index >= 15 is 0 Å². The first-order valence-electron chi connectivity index (χ1n) is 9.38. The molecule has 1 aliphatic rings. The van der Waals surface area contributed by atoms with Crippen LogP contribution in [0.4, 0.5) is 13.2 Å².